The Labute approximate surface area is 97.8 Å². The van der Waals surface area contributed by atoms with Crippen molar-refractivity contribution in [2.75, 3.05) is 19.7 Å². The van der Waals surface area contributed by atoms with Gasteiger partial charge in [-0.15, -0.1) is 0 Å². The van der Waals surface area contributed by atoms with Gasteiger partial charge in [-0.3, -0.25) is 4.79 Å². The zero-order valence-electron chi connectivity index (χ0n) is 10.4. The Bertz CT molecular complexity index is 227. The summed E-state index contributed by atoms with van der Waals surface area (Å²) in [7, 11) is 0. The van der Waals surface area contributed by atoms with E-state index in [4.69, 9.17) is 5.11 Å². The molecule has 0 saturated carbocycles. The van der Waals surface area contributed by atoms with Gasteiger partial charge < -0.3 is 15.7 Å². The maximum absolute atomic E-state index is 12.0. The van der Waals surface area contributed by atoms with Crippen molar-refractivity contribution in [2.45, 2.75) is 45.1 Å². The lowest BCUT2D eigenvalue weighted by atomic mass is 9.92. The highest BCUT2D eigenvalue weighted by Gasteiger charge is 2.28. The monoisotopic (exact) mass is 228 g/mol. The molecule has 3 N–H and O–H groups in total. The highest BCUT2D eigenvalue weighted by atomic mass is 16.3. The summed E-state index contributed by atoms with van der Waals surface area (Å²) in [6.07, 6.45) is 3.51. The van der Waals surface area contributed by atoms with Crippen LogP contribution in [0.3, 0.4) is 0 Å². The summed E-state index contributed by atoms with van der Waals surface area (Å²) in [5, 5.41) is 15.3. The minimum absolute atomic E-state index is 0.0957. The molecule has 0 aliphatic carbocycles. The number of carbonyl (C=O) groups excluding carboxylic acids is 1. The van der Waals surface area contributed by atoms with E-state index in [0.29, 0.717) is 6.42 Å². The second kappa shape index (κ2) is 6.21. The number of hydrogen-bond donors (Lipinski definition) is 3. The van der Waals surface area contributed by atoms with Gasteiger partial charge in [0.1, 0.15) is 0 Å². The smallest absolute Gasteiger partial charge is 0.224 e. The minimum Gasteiger partial charge on any atom is -0.396 e. The molecule has 1 fully saturated rings. The van der Waals surface area contributed by atoms with Crippen LogP contribution >= 0.6 is 0 Å². The molecule has 0 radical (unpaired) electrons. The van der Waals surface area contributed by atoms with Gasteiger partial charge >= 0.3 is 0 Å². The summed E-state index contributed by atoms with van der Waals surface area (Å²) < 4.78 is 0. The summed E-state index contributed by atoms with van der Waals surface area (Å²) >= 11 is 0. The largest absolute Gasteiger partial charge is 0.396 e. The van der Waals surface area contributed by atoms with E-state index in [0.717, 1.165) is 32.4 Å². The highest BCUT2D eigenvalue weighted by molar-refractivity contribution is 5.79. The average Bonchev–Trinajstić information content (AvgIpc) is 2.30. The van der Waals surface area contributed by atoms with Gasteiger partial charge in [-0.05, 0) is 39.2 Å². The van der Waals surface area contributed by atoms with Crippen molar-refractivity contribution in [1.29, 1.82) is 0 Å². The lowest BCUT2D eigenvalue weighted by molar-refractivity contribution is -0.127. The SMILES string of the molecule is CCC(C)(CCO)NC(=O)C1CCCNC1. The zero-order valence-corrected chi connectivity index (χ0v) is 10.4. The van der Waals surface area contributed by atoms with Gasteiger partial charge in [-0.1, -0.05) is 6.92 Å². The number of piperidine rings is 1. The molecule has 0 aromatic rings. The van der Waals surface area contributed by atoms with Crippen LogP contribution in [0.15, 0.2) is 0 Å². The fourth-order valence-electron chi connectivity index (χ4n) is 2.05. The molecule has 1 amide bonds. The molecule has 0 bridgehead atoms. The van der Waals surface area contributed by atoms with Crippen molar-refractivity contribution in [3.63, 3.8) is 0 Å². The Balaban J connectivity index is 2.47. The van der Waals surface area contributed by atoms with Crippen molar-refractivity contribution in [3.8, 4) is 0 Å². The van der Waals surface area contributed by atoms with E-state index in [-0.39, 0.29) is 24.0 Å². The van der Waals surface area contributed by atoms with Crippen molar-refractivity contribution in [2.24, 2.45) is 5.92 Å². The summed E-state index contributed by atoms with van der Waals surface area (Å²) in [6.45, 7) is 5.95. The highest BCUT2D eigenvalue weighted by Crippen LogP contribution is 2.17. The molecule has 0 aromatic carbocycles. The van der Waals surface area contributed by atoms with Gasteiger partial charge in [0.05, 0.1) is 5.92 Å². The summed E-state index contributed by atoms with van der Waals surface area (Å²) in [5.41, 5.74) is -0.261. The molecule has 1 saturated heterocycles. The predicted octanol–water partition coefficient (Wildman–Crippen LogP) is 0.653. The van der Waals surface area contributed by atoms with Gasteiger partial charge in [0.25, 0.3) is 0 Å². The molecule has 4 nitrogen and oxygen atoms in total. The van der Waals surface area contributed by atoms with Crippen LogP contribution in [0.4, 0.5) is 0 Å². The predicted molar refractivity (Wildman–Crippen MR) is 64.1 cm³/mol. The number of amides is 1. The number of hydrogen-bond acceptors (Lipinski definition) is 3. The third-order valence-corrected chi connectivity index (χ3v) is 3.54. The minimum atomic E-state index is -0.261. The molecule has 1 heterocycles. The molecule has 0 spiro atoms. The first-order valence-corrected chi connectivity index (χ1v) is 6.25. The van der Waals surface area contributed by atoms with Crippen LogP contribution in [0.1, 0.15) is 39.5 Å². The summed E-state index contributed by atoms with van der Waals surface area (Å²) in [5.74, 6) is 0.225. The maximum Gasteiger partial charge on any atom is 0.224 e. The Hall–Kier alpha value is -0.610. The number of rotatable bonds is 5. The first-order chi connectivity index (χ1) is 7.61. The Kier molecular flexibility index (Phi) is 5.22. The van der Waals surface area contributed by atoms with E-state index in [1.807, 2.05) is 13.8 Å². The topological polar surface area (TPSA) is 61.4 Å². The van der Waals surface area contributed by atoms with E-state index >= 15 is 0 Å². The fraction of sp³-hybridized carbons (Fsp3) is 0.917. The normalized spacial score (nSPS) is 24.8. The standard InChI is InChI=1S/C12H24N2O2/c1-3-12(2,6-8-15)14-11(16)10-5-4-7-13-9-10/h10,13,15H,3-9H2,1-2H3,(H,14,16). The van der Waals surface area contributed by atoms with Gasteiger partial charge in [0.2, 0.25) is 5.91 Å². The second-order valence-corrected chi connectivity index (χ2v) is 4.92. The molecule has 1 aliphatic heterocycles. The number of aliphatic hydroxyl groups is 1. The Morgan fingerprint density at radius 2 is 2.38 bits per heavy atom. The van der Waals surface area contributed by atoms with Crippen molar-refractivity contribution < 1.29 is 9.90 Å². The quantitative estimate of drug-likeness (QED) is 0.647. The molecule has 1 rings (SSSR count). The molecule has 0 aromatic heterocycles. The summed E-state index contributed by atoms with van der Waals surface area (Å²) in [6, 6.07) is 0. The Morgan fingerprint density at radius 1 is 1.62 bits per heavy atom. The lowest BCUT2D eigenvalue weighted by Crippen LogP contribution is -2.51. The third kappa shape index (κ3) is 3.76. The van der Waals surface area contributed by atoms with Crippen LogP contribution in [0.2, 0.25) is 0 Å². The number of aliphatic hydroxyl groups excluding tert-OH is 1. The van der Waals surface area contributed by atoms with Crippen molar-refractivity contribution in [1.82, 2.24) is 10.6 Å². The molecule has 1 aliphatic rings. The summed E-state index contributed by atoms with van der Waals surface area (Å²) in [4.78, 5) is 12.0. The van der Waals surface area contributed by atoms with Gasteiger partial charge in [0, 0.05) is 18.7 Å². The zero-order chi connectivity index (χ0) is 12.0. The fourth-order valence-corrected chi connectivity index (χ4v) is 2.05. The molecule has 94 valence electrons. The second-order valence-electron chi connectivity index (χ2n) is 4.92. The number of nitrogens with one attached hydrogen (secondary N) is 2. The van der Waals surface area contributed by atoms with Gasteiger partial charge in [0.15, 0.2) is 0 Å². The average molecular weight is 228 g/mol. The molecule has 16 heavy (non-hydrogen) atoms. The van der Waals surface area contributed by atoms with Crippen LogP contribution in [-0.4, -0.2) is 36.2 Å². The third-order valence-electron chi connectivity index (χ3n) is 3.54. The van der Waals surface area contributed by atoms with E-state index in [1.165, 1.54) is 0 Å². The lowest BCUT2D eigenvalue weighted by Gasteiger charge is -2.32. The maximum atomic E-state index is 12.0. The first-order valence-electron chi connectivity index (χ1n) is 6.25. The van der Waals surface area contributed by atoms with E-state index < -0.39 is 0 Å². The molecule has 2 unspecified atom stereocenters. The van der Waals surface area contributed by atoms with E-state index in [1.54, 1.807) is 0 Å². The van der Waals surface area contributed by atoms with E-state index in [9.17, 15) is 4.79 Å². The van der Waals surface area contributed by atoms with Crippen LogP contribution in [0, 0.1) is 5.92 Å². The van der Waals surface area contributed by atoms with Crippen molar-refractivity contribution >= 4 is 5.91 Å². The van der Waals surface area contributed by atoms with Crippen LogP contribution in [0.5, 0.6) is 0 Å². The molecular formula is C12H24N2O2. The Morgan fingerprint density at radius 3 is 2.88 bits per heavy atom. The van der Waals surface area contributed by atoms with Crippen LogP contribution < -0.4 is 10.6 Å². The van der Waals surface area contributed by atoms with Gasteiger partial charge in [-0.25, -0.2) is 0 Å². The number of carbonyl (C=O) groups is 1. The van der Waals surface area contributed by atoms with Gasteiger partial charge in [-0.2, -0.15) is 0 Å². The van der Waals surface area contributed by atoms with Crippen molar-refractivity contribution in [3.05, 3.63) is 0 Å². The molecule has 4 heteroatoms. The van der Waals surface area contributed by atoms with Crippen LogP contribution in [-0.2, 0) is 4.79 Å². The first kappa shape index (κ1) is 13.5. The van der Waals surface area contributed by atoms with Crippen LogP contribution in [0.25, 0.3) is 0 Å². The molecular weight excluding hydrogens is 204 g/mol. The van der Waals surface area contributed by atoms with E-state index in [2.05, 4.69) is 10.6 Å². The molecule has 2 atom stereocenters.